The molecule has 0 aliphatic rings. The first-order valence-electron chi connectivity index (χ1n) is 6.55. The fraction of sp³-hybridized carbons (Fsp3) is 0.188. The van der Waals surface area contributed by atoms with Crippen LogP contribution in [0.25, 0.3) is 0 Å². The maximum absolute atomic E-state index is 13.5. The van der Waals surface area contributed by atoms with Gasteiger partial charge in [-0.1, -0.05) is 37.3 Å². The van der Waals surface area contributed by atoms with Crippen LogP contribution in [0.1, 0.15) is 18.5 Å². The third-order valence-corrected chi connectivity index (χ3v) is 3.33. The molecule has 2 aromatic carbocycles. The van der Waals surface area contributed by atoms with E-state index in [1.54, 1.807) is 6.92 Å². The first-order chi connectivity index (χ1) is 9.99. The number of amides is 1. The highest BCUT2D eigenvalue weighted by atomic mass is 19.1. The van der Waals surface area contributed by atoms with E-state index < -0.39 is 29.5 Å². The number of nitrogens with two attached hydrogens (primary N) is 1. The van der Waals surface area contributed by atoms with Crippen molar-refractivity contribution in [1.82, 2.24) is 0 Å². The monoisotopic (exact) mass is 290 g/mol. The zero-order chi connectivity index (χ0) is 15.4. The molecule has 3 N–H and O–H groups in total. The first kappa shape index (κ1) is 15.1. The molecule has 0 radical (unpaired) electrons. The van der Waals surface area contributed by atoms with Gasteiger partial charge in [0.15, 0.2) is 0 Å². The predicted octanol–water partition coefficient (Wildman–Crippen LogP) is 3.24. The summed E-state index contributed by atoms with van der Waals surface area (Å²) in [5.41, 5.74) is 6.80. The second kappa shape index (κ2) is 6.45. The van der Waals surface area contributed by atoms with E-state index in [1.165, 1.54) is 6.07 Å². The molecule has 110 valence electrons. The highest BCUT2D eigenvalue weighted by Gasteiger charge is 2.22. The van der Waals surface area contributed by atoms with Gasteiger partial charge in [0.1, 0.15) is 11.6 Å². The van der Waals surface area contributed by atoms with Crippen LogP contribution in [0.2, 0.25) is 0 Å². The zero-order valence-corrected chi connectivity index (χ0v) is 11.5. The number of nitrogens with one attached hydrogen (secondary N) is 1. The fourth-order valence-corrected chi connectivity index (χ4v) is 1.96. The summed E-state index contributed by atoms with van der Waals surface area (Å²) in [7, 11) is 0. The number of hydrogen-bond acceptors (Lipinski definition) is 2. The molecule has 0 spiro atoms. The van der Waals surface area contributed by atoms with Crippen LogP contribution >= 0.6 is 0 Å². The number of hydrogen-bond donors (Lipinski definition) is 2. The SMILES string of the molecule is CC(C(=O)Nc1ccc(F)cc1F)C(N)c1ccccc1. The van der Waals surface area contributed by atoms with Gasteiger partial charge in [-0.2, -0.15) is 0 Å². The van der Waals surface area contributed by atoms with Crippen LogP contribution in [-0.4, -0.2) is 5.91 Å². The Balaban J connectivity index is 2.09. The molecule has 2 aromatic rings. The summed E-state index contributed by atoms with van der Waals surface area (Å²) in [6.07, 6.45) is 0. The molecule has 2 unspecified atom stereocenters. The summed E-state index contributed by atoms with van der Waals surface area (Å²) in [5.74, 6) is -2.49. The Labute approximate surface area is 121 Å². The van der Waals surface area contributed by atoms with Crippen molar-refractivity contribution in [2.45, 2.75) is 13.0 Å². The third-order valence-electron chi connectivity index (χ3n) is 3.33. The molecule has 3 nitrogen and oxygen atoms in total. The largest absolute Gasteiger partial charge is 0.323 e. The molecule has 0 saturated carbocycles. The lowest BCUT2D eigenvalue weighted by Gasteiger charge is -2.20. The molecule has 21 heavy (non-hydrogen) atoms. The van der Waals surface area contributed by atoms with Gasteiger partial charge >= 0.3 is 0 Å². The lowest BCUT2D eigenvalue weighted by atomic mass is 9.94. The van der Waals surface area contributed by atoms with Crippen LogP contribution in [0.15, 0.2) is 48.5 Å². The van der Waals surface area contributed by atoms with Crippen molar-refractivity contribution in [1.29, 1.82) is 0 Å². The van der Waals surface area contributed by atoms with Crippen molar-refractivity contribution < 1.29 is 13.6 Å². The quantitative estimate of drug-likeness (QED) is 0.908. The van der Waals surface area contributed by atoms with E-state index >= 15 is 0 Å². The Hall–Kier alpha value is -2.27. The Morgan fingerprint density at radius 2 is 1.81 bits per heavy atom. The number of rotatable bonds is 4. The Kier molecular flexibility index (Phi) is 4.65. The van der Waals surface area contributed by atoms with E-state index in [-0.39, 0.29) is 5.69 Å². The molecule has 5 heteroatoms. The number of anilines is 1. The molecule has 0 aromatic heterocycles. The summed E-state index contributed by atoms with van der Waals surface area (Å²) >= 11 is 0. The molecule has 0 aliphatic carbocycles. The zero-order valence-electron chi connectivity index (χ0n) is 11.5. The molecular formula is C16H16F2N2O. The molecule has 0 aliphatic heterocycles. The molecule has 0 saturated heterocycles. The second-order valence-corrected chi connectivity index (χ2v) is 4.84. The topological polar surface area (TPSA) is 55.1 Å². The van der Waals surface area contributed by atoms with Crippen LogP contribution in [0.5, 0.6) is 0 Å². The number of benzene rings is 2. The van der Waals surface area contributed by atoms with Gasteiger partial charge in [0.05, 0.1) is 11.6 Å². The van der Waals surface area contributed by atoms with Gasteiger partial charge in [0, 0.05) is 12.1 Å². The molecule has 2 rings (SSSR count). The van der Waals surface area contributed by atoms with Crippen LogP contribution < -0.4 is 11.1 Å². The van der Waals surface area contributed by atoms with Gasteiger partial charge < -0.3 is 11.1 Å². The smallest absolute Gasteiger partial charge is 0.229 e. The standard InChI is InChI=1S/C16H16F2N2O/c1-10(15(19)11-5-3-2-4-6-11)16(21)20-14-8-7-12(17)9-13(14)18/h2-10,15H,19H2,1H3,(H,20,21). The van der Waals surface area contributed by atoms with Crippen molar-refractivity contribution in [3.63, 3.8) is 0 Å². The van der Waals surface area contributed by atoms with E-state index in [0.717, 1.165) is 17.7 Å². The number of carbonyl (C=O) groups excluding carboxylic acids is 1. The van der Waals surface area contributed by atoms with Crippen LogP contribution in [-0.2, 0) is 4.79 Å². The average molecular weight is 290 g/mol. The molecule has 0 fully saturated rings. The highest BCUT2D eigenvalue weighted by Crippen LogP contribution is 2.22. The van der Waals surface area contributed by atoms with Gasteiger partial charge in [-0.05, 0) is 17.7 Å². The van der Waals surface area contributed by atoms with Crippen molar-refractivity contribution in [2.75, 3.05) is 5.32 Å². The molecular weight excluding hydrogens is 274 g/mol. The third kappa shape index (κ3) is 3.64. The maximum Gasteiger partial charge on any atom is 0.229 e. The molecule has 2 atom stereocenters. The molecule has 0 heterocycles. The van der Waals surface area contributed by atoms with Crippen molar-refractivity contribution in [3.8, 4) is 0 Å². The van der Waals surface area contributed by atoms with E-state index in [2.05, 4.69) is 5.32 Å². The van der Waals surface area contributed by atoms with Gasteiger partial charge in [0.2, 0.25) is 5.91 Å². The number of halogens is 2. The van der Waals surface area contributed by atoms with E-state index in [9.17, 15) is 13.6 Å². The normalized spacial score (nSPS) is 13.5. The maximum atomic E-state index is 13.5. The van der Waals surface area contributed by atoms with Crippen molar-refractivity contribution >= 4 is 11.6 Å². The highest BCUT2D eigenvalue weighted by molar-refractivity contribution is 5.93. The molecule has 1 amide bonds. The van der Waals surface area contributed by atoms with Crippen molar-refractivity contribution in [3.05, 3.63) is 65.7 Å². The van der Waals surface area contributed by atoms with Crippen LogP contribution in [0.3, 0.4) is 0 Å². The lowest BCUT2D eigenvalue weighted by molar-refractivity contribution is -0.120. The van der Waals surface area contributed by atoms with Gasteiger partial charge in [0.25, 0.3) is 0 Å². The molecule has 0 bridgehead atoms. The lowest BCUT2D eigenvalue weighted by Crippen LogP contribution is -2.30. The Morgan fingerprint density at radius 1 is 1.14 bits per heavy atom. The Morgan fingerprint density at radius 3 is 2.43 bits per heavy atom. The van der Waals surface area contributed by atoms with Gasteiger partial charge in [-0.15, -0.1) is 0 Å². The minimum absolute atomic E-state index is 0.0616. The van der Waals surface area contributed by atoms with Gasteiger partial charge in [-0.3, -0.25) is 4.79 Å². The first-order valence-corrected chi connectivity index (χ1v) is 6.55. The number of carbonyl (C=O) groups is 1. The van der Waals surface area contributed by atoms with E-state index in [1.807, 2.05) is 30.3 Å². The van der Waals surface area contributed by atoms with E-state index in [4.69, 9.17) is 5.73 Å². The average Bonchev–Trinajstić information content (AvgIpc) is 2.49. The summed E-state index contributed by atoms with van der Waals surface area (Å²) in [5, 5.41) is 2.43. The second-order valence-electron chi connectivity index (χ2n) is 4.84. The van der Waals surface area contributed by atoms with Crippen LogP contribution in [0.4, 0.5) is 14.5 Å². The van der Waals surface area contributed by atoms with E-state index in [0.29, 0.717) is 0 Å². The summed E-state index contributed by atoms with van der Waals surface area (Å²) in [6, 6.07) is 11.7. The summed E-state index contributed by atoms with van der Waals surface area (Å²) < 4.78 is 26.3. The summed E-state index contributed by atoms with van der Waals surface area (Å²) in [4.78, 5) is 12.1. The van der Waals surface area contributed by atoms with Crippen molar-refractivity contribution in [2.24, 2.45) is 11.7 Å². The predicted molar refractivity (Wildman–Crippen MR) is 77.5 cm³/mol. The Bertz CT molecular complexity index is 631. The summed E-state index contributed by atoms with van der Waals surface area (Å²) in [6.45, 7) is 1.66. The minimum atomic E-state index is -0.816. The van der Waals surface area contributed by atoms with Gasteiger partial charge in [-0.25, -0.2) is 8.78 Å². The fourth-order valence-electron chi connectivity index (χ4n) is 1.96. The van der Waals surface area contributed by atoms with Crippen LogP contribution in [0, 0.1) is 17.6 Å². The minimum Gasteiger partial charge on any atom is -0.323 e.